The van der Waals surface area contributed by atoms with E-state index in [0.717, 1.165) is 38.3 Å². The van der Waals surface area contributed by atoms with E-state index < -0.39 is 7.26 Å². The largest absolute Gasteiger partial charge is 0.489 e. The second-order valence-corrected chi connectivity index (χ2v) is 13.9. The summed E-state index contributed by atoms with van der Waals surface area (Å²) < 4.78 is 10.3. The van der Waals surface area contributed by atoms with Crippen molar-refractivity contribution in [1.82, 2.24) is 0 Å². The highest BCUT2D eigenvalue weighted by molar-refractivity contribution is 7.95. The molecule has 0 saturated heterocycles. The summed E-state index contributed by atoms with van der Waals surface area (Å²) in [6.45, 7) is 1.71. The molecule has 5 heteroatoms. The number of carbonyl (C=O) groups is 2. The second kappa shape index (κ2) is 14.2. The number of ketones is 2. The van der Waals surface area contributed by atoms with Crippen LogP contribution in [0.5, 0.6) is 0 Å². The Morgan fingerprint density at radius 3 is 1.40 bits per heavy atom. The summed E-state index contributed by atoms with van der Waals surface area (Å²) in [5.74, 6) is -0.445. The Bertz CT molecular complexity index is 1250. The van der Waals surface area contributed by atoms with Crippen molar-refractivity contribution in [2.24, 2.45) is 0 Å². The first-order valence-corrected chi connectivity index (χ1v) is 16.2. The maximum absolute atomic E-state index is 12.9. The number of hydrogen-bond donors (Lipinski definition) is 0. The quantitative estimate of drug-likeness (QED) is 0.126. The molecule has 0 N–H and O–H groups in total. The minimum atomic E-state index is -1.77. The van der Waals surface area contributed by atoms with Gasteiger partial charge in [-0.15, -0.1) is 0 Å². The molecule has 0 heterocycles. The lowest BCUT2D eigenvalue weighted by Crippen LogP contribution is -2.33. The van der Waals surface area contributed by atoms with Crippen LogP contribution in [0.4, 0.5) is 0 Å². The van der Waals surface area contributed by atoms with Gasteiger partial charge in [-0.2, -0.15) is 0 Å². The Hall–Kier alpha value is -3.49. The van der Waals surface area contributed by atoms with Crippen LogP contribution in [0.15, 0.2) is 114 Å². The average molecular weight is 556 g/mol. The first kappa shape index (κ1) is 29.5. The van der Waals surface area contributed by atoms with Crippen LogP contribution < -0.4 is 15.9 Å². The Balaban J connectivity index is 1.36. The number of allylic oxidation sites excluding steroid dienone is 2. The molecule has 3 aromatic rings. The summed E-state index contributed by atoms with van der Waals surface area (Å²) in [6, 6.07) is 33.1. The molecule has 0 unspecified atom stereocenters. The van der Waals surface area contributed by atoms with E-state index in [-0.39, 0.29) is 23.1 Å². The molecule has 0 fully saturated rings. The molecule has 3 aromatic carbocycles. The fourth-order valence-corrected chi connectivity index (χ4v) is 10.1. The second-order valence-electron chi connectivity index (χ2n) is 10.2. The van der Waals surface area contributed by atoms with E-state index in [2.05, 4.69) is 91.0 Å². The highest BCUT2D eigenvalue weighted by atomic mass is 31.2. The third kappa shape index (κ3) is 6.29. The molecule has 0 bridgehead atoms. The molecule has 208 valence electrons. The van der Waals surface area contributed by atoms with Gasteiger partial charge in [0.1, 0.15) is 23.2 Å². The highest BCUT2D eigenvalue weighted by Crippen LogP contribution is 2.56. The number of Topliss-reactive ketones (excluding diaryl/α,β-unsaturated/α-hetero) is 2. The summed E-state index contributed by atoms with van der Waals surface area (Å²) in [7, 11) is 1.03. The van der Waals surface area contributed by atoms with Crippen molar-refractivity contribution in [1.29, 1.82) is 0 Å². The van der Waals surface area contributed by atoms with Gasteiger partial charge in [0.25, 0.3) is 0 Å². The zero-order valence-corrected chi connectivity index (χ0v) is 24.8. The molecule has 1 aliphatic rings. The Morgan fingerprint density at radius 1 is 0.550 bits per heavy atom. The monoisotopic (exact) mass is 555 g/mol. The van der Waals surface area contributed by atoms with Gasteiger partial charge in [0.2, 0.25) is 23.1 Å². The van der Waals surface area contributed by atoms with Crippen LogP contribution in [-0.2, 0) is 19.1 Å². The van der Waals surface area contributed by atoms with E-state index in [1.54, 1.807) is 6.92 Å². The van der Waals surface area contributed by atoms with Gasteiger partial charge >= 0.3 is 0 Å². The zero-order valence-electron chi connectivity index (χ0n) is 23.9. The van der Waals surface area contributed by atoms with Gasteiger partial charge in [0, 0.05) is 11.1 Å². The fraction of sp³-hybridized carbons (Fsp3) is 0.314. The fourth-order valence-electron chi connectivity index (χ4n) is 5.73. The molecule has 0 saturated carbocycles. The Kier molecular flexibility index (Phi) is 10.5. The lowest BCUT2D eigenvalue weighted by molar-refractivity contribution is -0.121. The lowest BCUT2D eigenvalue weighted by atomic mass is 9.89. The first-order chi connectivity index (χ1) is 19.5. The van der Waals surface area contributed by atoms with Crippen molar-refractivity contribution in [3.63, 3.8) is 0 Å². The molecule has 0 radical (unpaired) electrons. The van der Waals surface area contributed by atoms with E-state index >= 15 is 0 Å². The maximum atomic E-state index is 12.9. The van der Waals surface area contributed by atoms with Gasteiger partial charge < -0.3 is 9.47 Å². The maximum Gasteiger partial charge on any atom is 0.228 e. The van der Waals surface area contributed by atoms with Crippen LogP contribution in [0.1, 0.15) is 51.9 Å². The van der Waals surface area contributed by atoms with Crippen molar-refractivity contribution in [2.75, 3.05) is 20.4 Å². The Morgan fingerprint density at radius 2 is 0.950 bits per heavy atom. The third-order valence-electron chi connectivity index (χ3n) is 7.86. The molecule has 4 nitrogen and oxygen atoms in total. The van der Waals surface area contributed by atoms with Gasteiger partial charge in [-0.05, 0) is 69.0 Å². The number of methoxy groups -OCH3 is 2. The number of rotatable bonds is 14. The normalized spacial score (nSPS) is 14.1. The van der Waals surface area contributed by atoms with Crippen molar-refractivity contribution >= 4 is 34.7 Å². The molecule has 1 aliphatic carbocycles. The van der Waals surface area contributed by atoms with Gasteiger partial charge in [0.05, 0.1) is 20.4 Å². The third-order valence-corrected chi connectivity index (χ3v) is 12.4. The summed E-state index contributed by atoms with van der Waals surface area (Å²) >= 11 is 0. The lowest BCUT2D eigenvalue weighted by Gasteiger charge is -2.27. The van der Waals surface area contributed by atoms with Crippen LogP contribution in [0.25, 0.3) is 0 Å². The van der Waals surface area contributed by atoms with E-state index in [4.69, 9.17) is 9.47 Å². The minimum Gasteiger partial charge on any atom is -0.489 e. The van der Waals surface area contributed by atoms with Gasteiger partial charge in [-0.3, -0.25) is 9.59 Å². The van der Waals surface area contributed by atoms with Crippen molar-refractivity contribution in [2.45, 2.75) is 51.9 Å². The van der Waals surface area contributed by atoms with E-state index in [0.29, 0.717) is 17.6 Å². The zero-order chi connectivity index (χ0) is 28.4. The van der Waals surface area contributed by atoms with E-state index in [9.17, 15) is 9.59 Å². The molecule has 0 spiro atoms. The molecular formula is C35H40O4P+. The number of benzene rings is 3. The van der Waals surface area contributed by atoms with E-state index in [1.807, 2.05) is 0 Å². The highest BCUT2D eigenvalue weighted by Gasteiger charge is 2.44. The van der Waals surface area contributed by atoms with Gasteiger partial charge in [0.15, 0.2) is 0 Å². The van der Waals surface area contributed by atoms with Crippen LogP contribution in [-0.4, -0.2) is 31.9 Å². The number of unbranched alkanes of at least 4 members (excludes halogenated alkanes) is 5. The van der Waals surface area contributed by atoms with Crippen LogP contribution in [0.2, 0.25) is 0 Å². The van der Waals surface area contributed by atoms with Crippen LogP contribution in [0, 0.1) is 0 Å². The number of hydrogen-bond acceptors (Lipinski definition) is 4. The standard InChI is InChI=1S/C35H40O4P/c1-27-31(33(37)35(39-3)34(38-2)32(27)36)25-17-6-4-5-7-18-26-40(28-19-11-8-12-20-28,29-21-13-9-14-22-29)30-23-15-10-16-24-30/h8-16,19-24H,4-7,17-18,25-26H2,1-3H3/q+1. The van der Waals surface area contributed by atoms with Crippen molar-refractivity contribution < 1.29 is 19.1 Å². The predicted molar refractivity (Wildman–Crippen MR) is 166 cm³/mol. The van der Waals surface area contributed by atoms with Crippen molar-refractivity contribution in [3.05, 3.63) is 114 Å². The number of ether oxygens (including phenoxy) is 2. The summed E-state index contributed by atoms with van der Waals surface area (Å²) in [6.07, 6.45) is 8.22. The van der Waals surface area contributed by atoms with Crippen molar-refractivity contribution in [3.8, 4) is 0 Å². The predicted octanol–water partition coefficient (Wildman–Crippen LogP) is 6.68. The minimum absolute atomic E-state index is 0.00849. The summed E-state index contributed by atoms with van der Waals surface area (Å²) in [5, 5.41) is 4.30. The SMILES string of the molecule is COC1=C(OC)C(=O)C(CCCCCCCC[P+](c2ccccc2)(c2ccccc2)c2ccccc2)=C(C)C1=O. The summed E-state index contributed by atoms with van der Waals surface area (Å²) in [4.78, 5) is 25.5. The molecule has 0 atom stereocenters. The molecular weight excluding hydrogens is 515 g/mol. The van der Waals surface area contributed by atoms with E-state index in [1.165, 1.54) is 36.6 Å². The van der Waals surface area contributed by atoms with Crippen LogP contribution >= 0.6 is 7.26 Å². The average Bonchev–Trinajstić information content (AvgIpc) is 3.01. The van der Waals surface area contributed by atoms with Crippen LogP contribution in [0.3, 0.4) is 0 Å². The molecule has 40 heavy (non-hydrogen) atoms. The van der Waals surface area contributed by atoms with Gasteiger partial charge in [-0.25, -0.2) is 0 Å². The molecule has 4 rings (SSSR count). The molecule has 0 aromatic heterocycles. The molecule has 0 aliphatic heterocycles. The first-order valence-electron chi connectivity index (χ1n) is 14.2. The summed E-state index contributed by atoms with van der Waals surface area (Å²) in [5.41, 5.74) is 1.04. The number of carbonyl (C=O) groups excluding carboxylic acids is 2. The topological polar surface area (TPSA) is 52.6 Å². The Labute approximate surface area is 239 Å². The molecule has 0 amide bonds. The van der Waals surface area contributed by atoms with Gasteiger partial charge in [-0.1, -0.05) is 73.9 Å². The smallest absolute Gasteiger partial charge is 0.228 e.